The number of morpholine rings is 1. The van der Waals surface area contributed by atoms with E-state index in [1.54, 1.807) is 35.2 Å². The van der Waals surface area contributed by atoms with Crippen LogP contribution in [0.5, 0.6) is 0 Å². The van der Waals surface area contributed by atoms with Crippen LogP contribution in [0.1, 0.15) is 23.7 Å². The molecule has 0 atom stereocenters. The Balaban J connectivity index is 1.90. The average Bonchev–Trinajstić information content (AvgIpc) is 2.91. The SMILES string of the molecule is CCCN1C(=O)c2cccc3c(S(=O)(=O)N4CCOCC4)ccc1c23. The summed E-state index contributed by atoms with van der Waals surface area (Å²) >= 11 is 0. The fourth-order valence-electron chi connectivity index (χ4n) is 3.62. The first-order valence-corrected chi connectivity index (χ1v) is 9.95. The highest BCUT2D eigenvalue weighted by Crippen LogP contribution is 2.40. The number of rotatable bonds is 4. The van der Waals surface area contributed by atoms with Crippen molar-refractivity contribution in [2.45, 2.75) is 18.2 Å². The second kappa shape index (κ2) is 6.09. The van der Waals surface area contributed by atoms with E-state index >= 15 is 0 Å². The molecule has 4 rings (SSSR count). The molecule has 2 aliphatic rings. The predicted octanol–water partition coefficient (Wildman–Crippen LogP) is 2.23. The number of nitrogens with zero attached hydrogens (tertiary/aromatic N) is 2. The molecule has 1 amide bonds. The highest BCUT2D eigenvalue weighted by atomic mass is 32.2. The molecule has 0 N–H and O–H groups in total. The molecule has 0 aromatic heterocycles. The van der Waals surface area contributed by atoms with Crippen LogP contribution < -0.4 is 4.90 Å². The number of hydrogen-bond acceptors (Lipinski definition) is 4. The van der Waals surface area contributed by atoms with Gasteiger partial charge in [-0.15, -0.1) is 0 Å². The van der Waals surface area contributed by atoms with Gasteiger partial charge in [-0.2, -0.15) is 4.31 Å². The molecule has 2 aliphatic heterocycles. The summed E-state index contributed by atoms with van der Waals surface area (Å²) in [6.45, 7) is 4.16. The number of carbonyl (C=O) groups excluding carboxylic acids is 1. The van der Waals surface area contributed by atoms with Crippen molar-refractivity contribution in [3.63, 3.8) is 0 Å². The Bertz CT molecular complexity index is 949. The van der Waals surface area contributed by atoms with Crippen LogP contribution in [0.25, 0.3) is 10.8 Å². The fraction of sp³-hybridized carbons (Fsp3) is 0.389. The third-order valence-electron chi connectivity index (χ3n) is 4.78. The maximum Gasteiger partial charge on any atom is 0.258 e. The molecule has 0 bridgehead atoms. The van der Waals surface area contributed by atoms with Crippen LogP contribution in [0.2, 0.25) is 0 Å². The van der Waals surface area contributed by atoms with Gasteiger partial charge in [-0.3, -0.25) is 4.79 Å². The molecular formula is C18H20N2O4S. The van der Waals surface area contributed by atoms with E-state index < -0.39 is 10.0 Å². The van der Waals surface area contributed by atoms with Crippen molar-refractivity contribution in [1.29, 1.82) is 0 Å². The molecule has 25 heavy (non-hydrogen) atoms. The molecule has 0 spiro atoms. The number of carbonyl (C=O) groups is 1. The molecule has 2 heterocycles. The van der Waals surface area contributed by atoms with E-state index in [9.17, 15) is 13.2 Å². The molecule has 1 saturated heterocycles. The summed E-state index contributed by atoms with van der Waals surface area (Å²) in [5.74, 6) is -0.0524. The van der Waals surface area contributed by atoms with Gasteiger partial charge < -0.3 is 9.64 Å². The van der Waals surface area contributed by atoms with Crippen LogP contribution in [0.15, 0.2) is 35.2 Å². The van der Waals surface area contributed by atoms with E-state index in [1.165, 1.54) is 4.31 Å². The molecule has 1 fully saturated rings. The molecule has 0 radical (unpaired) electrons. The van der Waals surface area contributed by atoms with Gasteiger partial charge in [-0.25, -0.2) is 8.42 Å². The van der Waals surface area contributed by atoms with Crippen LogP contribution in [-0.2, 0) is 14.8 Å². The summed E-state index contributed by atoms with van der Waals surface area (Å²) in [6.07, 6.45) is 0.842. The van der Waals surface area contributed by atoms with E-state index in [0.717, 1.165) is 17.5 Å². The van der Waals surface area contributed by atoms with Gasteiger partial charge in [-0.05, 0) is 24.6 Å². The zero-order valence-electron chi connectivity index (χ0n) is 14.1. The van der Waals surface area contributed by atoms with Gasteiger partial charge in [0.1, 0.15) is 0 Å². The molecule has 0 unspecified atom stereocenters. The number of anilines is 1. The Morgan fingerprint density at radius 1 is 1.12 bits per heavy atom. The van der Waals surface area contributed by atoms with Crippen LogP contribution in [0.3, 0.4) is 0 Å². The highest BCUT2D eigenvalue weighted by Gasteiger charge is 2.34. The maximum absolute atomic E-state index is 13.1. The smallest absolute Gasteiger partial charge is 0.258 e. The Labute approximate surface area is 147 Å². The van der Waals surface area contributed by atoms with Crippen molar-refractivity contribution in [1.82, 2.24) is 4.31 Å². The summed E-state index contributed by atoms with van der Waals surface area (Å²) in [7, 11) is -3.62. The number of sulfonamides is 1. The van der Waals surface area contributed by atoms with Crippen molar-refractivity contribution >= 4 is 32.4 Å². The van der Waals surface area contributed by atoms with Crippen LogP contribution in [0.4, 0.5) is 5.69 Å². The van der Waals surface area contributed by atoms with Gasteiger partial charge in [-0.1, -0.05) is 19.1 Å². The quantitative estimate of drug-likeness (QED) is 0.839. The molecular weight excluding hydrogens is 340 g/mol. The van der Waals surface area contributed by atoms with Crippen molar-refractivity contribution in [2.75, 3.05) is 37.7 Å². The Hall–Kier alpha value is -1.96. The lowest BCUT2D eigenvalue weighted by molar-refractivity contribution is 0.0730. The van der Waals surface area contributed by atoms with Gasteiger partial charge in [0.15, 0.2) is 0 Å². The monoisotopic (exact) mass is 360 g/mol. The zero-order valence-corrected chi connectivity index (χ0v) is 14.9. The Morgan fingerprint density at radius 3 is 2.60 bits per heavy atom. The third kappa shape index (κ3) is 2.46. The normalized spacial score (nSPS) is 18.3. The second-order valence-electron chi connectivity index (χ2n) is 6.28. The fourth-order valence-corrected chi connectivity index (χ4v) is 5.21. The van der Waals surface area contributed by atoms with Crippen molar-refractivity contribution in [3.05, 3.63) is 35.9 Å². The van der Waals surface area contributed by atoms with Gasteiger partial charge >= 0.3 is 0 Å². The van der Waals surface area contributed by atoms with Gasteiger partial charge in [0.05, 0.1) is 23.8 Å². The lowest BCUT2D eigenvalue weighted by Gasteiger charge is -2.26. The minimum absolute atomic E-state index is 0.0524. The first-order chi connectivity index (χ1) is 12.1. The van der Waals surface area contributed by atoms with E-state index in [0.29, 0.717) is 43.8 Å². The molecule has 2 aromatic carbocycles. The number of benzene rings is 2. The van der Waals surface area contributed by atoms with E-state index in [2.05, 4.69) is 0 Å². The van der Waals surface area contributed by atoms with Crippen molar-refractivity contribution in [2.24, 2.45) is 0 Å². The predicted molar refractivity (Wildman–Crippen MR) is 95.5 cm³/mol. The Kier molecular flexibility index (Phi) is 4.02. The standard InChI is InChI=1S/C18H20N2O4S/c1-2-8-20-15-6-7-16(25(22,23)19-9-11-24-12-10-19)13-4-3-5-14(17(13)15)18(20)21/h3-7H,2,8-12H2,1H3. The summed E-state index contributed by atoms with van der Waals surface area (Å²) in [5.41, 5.74) is 1.39. The number of hydrogen-bond donors (Lipinski definition) is 0. The van der Waals surface area contributed by atoms with Gasteiger partial charge in [0.25, 0.3) is 5.91 Å². The van der Waals surface area contributed by atoms with E-state index in [-0.39, 0.29) is 10.8 Å². The van der Waals surface area contributed by atoms with Crippen LogP contribution in [-0.4, -0.2) is 51.5 Å². The molecule has 6 nitrogen and oxygen atoms in total. The molecule has 0 saturated carbocycles. The molecule has 2 aromatic rings. The minimum Gasteiger partial charge on any atom is -0.379 e. The molecule has 132 valence electrons. The number of amides is 1. The van der Waals surface area contributed by atoms with Crippen molar-refractivity contribution in [3.8, 4) is 0 Å². The highest BCUT2D eigenvalue weighted by molar-refractivity contribution is 7.89. The van der Waals surface area contributed by atoms with Gasteiger partial charge in [0.2, 0.25) is 10.0 Å². The van der Waals surface area contributed by atoms with E-state index in [1.807, 2.05) is 6.92 Å². The largest absolute Gasteiger partial charge is 0.379 e. The van der Waals surface area contributed by atoms with Gasteiger partial charge in [0, 0.05) is 36.0 Å². The molecule has 7 heteroatoms. The Morgan fingerprint density at radius 2 is 1.88 bits per heavy atom. The lowest BCUT2D eigenvalue weighted by Crippen LogP contribution is -2.40. The maximum atomic E-state index is 13.1. The zero-order chi connectivity index (χ0) is 17.6. The topological polar surface area (TPSA) is 66.9 Å². The summed E-state index contributed by atoms with van der Waals surface area (Å²) in [5, 5.41) is 1.36. The second-order valence-corrected chi connectivity index (χ2v) is 8.19. The molecule has 0 aliphatic carbocycles. The minimum atomic E-state index is -3.62. The van der Waals surface area contributed by atoms with Crippen molar-refractivity contribution < 1.29 is 17.9 Å². The average molecular weight is 360 g/mol. The first-order valence-electron chi connectivity index (χ1n) is 8.51. The third-order valence-corrected chi connectivity index (χ3v) is 6.74. The summed E-state index contributed by atoms with van der Waals surface area (Å²) in [6, 6.07) is 8.72. The summed E-state index contributed by atoms with van der Waals surface area (Å²) < 4.78 is 32.9. The first kappa shape index (κ1) is 16.5. The van der Waals surface area contributed by atoms with Crippen LogP contribution in [0, 0.1) is 0 Å². The lowest BCUT2D eigenvalue weighted by atomic mass is 10.1. The number of ether oxygens (including phenoxy) is 1. The summed E-state index contributed by atoms with van der Waals surface area (Å²) in [4.78, 5) is 14.7. The van der Waals surface area contributed by atoms with E-state index in [4.69, 9.17) is 4.74 Å². The van der Waals surface area contributed by atoms with Crippen LogP contribution >= 0.6 is 0 Å².